The Balaban J connectivity index is 1.78. The van der Waals surface area contributed by atoms with Gasteiger partial charge in [-0.05, 0) is 26.7 Å². The highest BCUT2D eigenvalue weighted by atomic mass is 32.2. The van der Waals surface area contributed by atoms with Crippen LogP contribution in [0.2, 0.25) is 0 Å². The molecule has 8 nitrogen and oxygen atoms in total. The number of aromatic amines is 1. The first-order chi connectivity index (χ1) is 11.0. The van der Waals surface area contributed by atoms with Gasteiger partial charge in [0.2, 0.25) is 15.9 Å². The van der Waals surface area contributed by atoms with Crippen LogP contribution in [-0.4, -0.2) is 52.1 Å². The molecular formula is C14H19N5O3S. The van der Waals surface area contributed by atoms with Crippen LogP contribution in [0.15, 0.2) is 23.5 Å². The average molecular weight is 337 g/mol. The molecule has 1 aliphatic heterocycles. The molecule has 0 saturated carbocycles. The van der Waals surface area contributed by atoms with Gasteiger partial charge in [0.25, 0.3) is 0 Å². The molecule has 3 rings (SSSR count). The molecule has 3 heterocycles. The van der Waals surface area contributed by atoms with Crippen LogP contribution in [0.5, 0.6) is 5.88 Å². The van der Waals surface area contributed by atoms with Crippen LogP contribution < -0.4 is 4.74 Å². The molecule has 0 amide bonds. The molecule has 9 heteroatoms. The summed E-state index contributed by atoms with van der Waals surface area (Å²) in [7, 11) is -3.58. The Bertz CT molecular complexity index is 755. The zero-order valence-corrected chi connectivity index (χ0v) is 13.9. The van der Waals surface area contributed by atoms with Crippen molar-refractivity contribution < 1.29 is 13.2 Å². The molecule has 1 unspecified atom stereocenters. The van der Waals surface area contributed by atoms with Gasteiger partial charge in [-0.15, -0.1) is 0 Å². The van der Waals surface area contributed by atoms with E-state index in [2.05, 4.69) is 20.2 Å². The summed E-state index contributed by atoms with van der Waals surface area (Å²) in [6.07, 6.45) is 5.92. The van der Waals surface area contributed by atoms with Crippen molar-refractivity contribution in [3.05, 3.63) is 30.0 Å². The van der Waals surface area contributed by atoms with E-state index < -0.39 is 10.0 Å². The second-order valence-electron chi connectivity index (χ2n) is 5.55. The molecule has 1 N–H and O–H groups in total. The Kier molecular flexibility index (Phi) is 4.31. The number of rotatable bonds is 4. The van der Waals surface area contributed by atoms with E-state index in [0.717, 1.165) is 12.8 Å². The van der Waals surface area contributed by atoms with Crippen molar-refractivity contribution in [1.82, 2.24) is 24.5 Å². The zero-order valence-electron chi connectivity index (χ0n) is 13.1. The van der Waals surface area contributed by atoms with Crippen molar-refractivity contribution >= 4 is 10.0 Å². The molecule has 0 radical (unpaired) electrons. The zero-order chi connectivity index (χ0) is 16.4. The third kappa shape index (κ3) is 3.20. The molecule has 0 aromatic carbocycles. The molecule has 1 fully saturated rings. The van der Waals surface area contributed by atoms with Gasteiger partial charge < -0.3 is 4.74 Å². The molecule has 2 aromatic heterocycles. The molecule has 0 spiro atoms. The monoisotopic (exact) mass is 337 g/mol. The van der Waals surface area contributed by atoms with Gasteiger partial charge in [0, 0.05) is 18.9 Å². The van der Waals surface area contributed by atoms with Crippen LogP contribution >= 0.6 is 0 Å². The Morgan fingerprint density at radius 2 is 2.17 bits per heavy atom. The fourth-order valence-corrected chi connectivity index (χ4v) is 4.63. The number of hydrogen-bond donors (Lipinski definition) is 1. The van der Waals surface area contributed by atoms with Gasteiger partial charge in [-0.3, -0.25) is 10.1 Å². The number of piperidine rings is 1. The SMILES string of the molecule is Cc1n[nH]c(C)c1S(=O)(=O)N1CCCC(Oc2cnccn2)C1. The molecule has 1 atom stereocenters. The van der Waals surface area contributed by atoms with Gasteiger partial charge in [0.05, 0.1) is 24.1 Å². The normalized spacial score (nSPS) is 19.7. The van der Waals surface area contributed by atoms with E-state index in [0.29, 0.717) is 30.4 Å². The van der Waals surface area contributed by atoms with Crippen molar-refractivity contribution in [2.45, 2.75) is 37.7 Å². The molecular weight excluding hydrogens is 318 g/mol. The standard InChI is InChI=1S/C14H19N5O3S/c1-10-14(11(2)18-17-10)23(20,21)19-7-3-4-12(9-19)22-13-8-15-5-6-16-13/h5-6,8,12H,3-4,7,9H2,1-2H3,(H,17,18). The fourth-order valence-electron chi connectivity index (χ4n) is 2.79. The lowest BCUT2D eigenvalue weighted by molar-refractivity contribution is 0.124. The maximum Gasteiger partial charge on any atom is 0.246 e. The second kappa shape index (κ2) is 6.25. The molecule has 1 saturated heterocycles. The van der Waals surface area contributed by atoms with Crippen molar-refractivity contribution in [1.29, 1.82) is 0 Å². The molecule has 124 valence electrons. The van der Waals surface area contributed by atoms with E-state index in [-0.39, 0.29) is 11.0 Å². The Morgan fingerprint density at radius 3 is 2.83 bits per heavy atom. The number of H-pyrrole nitrogens is 1. The van der Waals surface area contributed by atoms with E-state index in [9.17, 15) is 8.42 Å². The van der Waals surface area contributed by atoms with Crippen molar-refractivity contribution in [3.8, 4) is 5.88 Å². The summed E-state index contributed by atoms with van der Waals surface area (Å²) in [5.41, 5.74) is 1.04. The quantitative estimate of drug-likeness (QED) is 0.895. The van der Waals surface area contributed by atoms with Crippen LogP contribution in [-0.2, 0) is 10.0 Å². The van der Waals surface area contributed by atoms with Gasteiger partial charge in [-0.25, -0.2) is 13.4 Å². The lowest BCUT2D eigenvalue weighted by Gasteiger charge is -2.31. The van der Waals surface area contributed by atoms with E-state index in [1.54, 1.807) is 26.2 Å². The third-order valence-corrected chi connectivity index (χ3v) is 5.96. The van der Waals surface area contributed by atoms with E-state index in [1.165, 1.54) is 10.5 Å². The summed E-state index contributed by atoms with van der Waals surface area (Å²) in [5.74, 6) is 0.410. The van der Waals surface area contributed by atoms with Gasteiger partial charge in [0.15, 0.2) is 0 Å². The molecule has 2 aromatic rings. The average Bonchev–Trinajstić information content (AvgIpc) is 2.88. The first kappa shape index (κ1) is 15.9. The Hall–Kier alpha value is -2.00. The van der Waals surface area contributed by atoms with Crippen LogP contribution in [0.25, 0.3) is 0 Å². The molecule has 23 heavy (non-hydrogen) atoms. The minimum Gasteiger partial charge on any atom is -0.472 e. The number of aromatic nitrogens is 4. The predicted octanol–water partition coefficient (Wildman–Crippen LogP) is 1.05. The van der Waals surface area contributed by atoms with Crippen molar-refractivity contribution in [3.63, 3.8) is 0 Å². The molecule has 0 bridgehead atoms. The smallest absolute Gasteiger partial charge is 0.246 e. The Morgan fingerprint density at radius 1 is 1.35 bits per heavy atom. The van der Waals surface area contributed by atoms with Crippen LogP contribution in [0.4, 0.5) is 0 Å². The van der Waals surface area contributed by atoms with Crippen LogP contribution in [0.3, 0.4) is 0 Å². The minimum absolute atomic E-state index is 0.234. The number of nitrogens with one attached hydrogen (secondary N) is 1. The number of sulfonamides is 1. The van der Waals surface area contributed by atoms with E-state index >= 15 is 0 Å². The van der Waals surface area contributed by atoms with Crippen molar-refractivity contribution in [2.75, 3.05) is 13.1 Å². The van der Waals surface area contributed by atoms with Crippen LogP contribution in [0.1, 0.15) is 24.2 Å². The van der Waals surface area contributed by atoms with Gasteiger partial charge >= 0.3 is 0 Å². The summed E-state index contributed by atoms with van der Waals surface area (Å²) in [6, 6.07) is 0. The van der Waals surface area contributed by atoms with Gasteiger partial charge in [-0.1, -0.05) is 0 Å². The van der Waals surface area contributed by atoms with E-state index in [4.69, 9.17) is 4.74 Å². The van der Waals surface area contributed by atoms with Crippen LogP contribution in [0, 0.1) is 13.8 Å². The topological polar surface area (TPSA) is 101 Å². The Labute approximate surface area is 135 Å². The largest absolute Gasteiger partial charge is 0.472 e. The highest BCUT2D eigenvalue weighted by Crippen LogP contribution is 2.25. The molecule has 1 aliphatic rings. The summed E-state index contributed by atoms with van der Waals surface area (Å²) in [5, 5.41) is 6.71. The number of nitrogens with zero attached hydrogens (tertiary/aromatic N) is 4. The summed E-state index contributed by atoms with van der Waals surface area (Å²) >= 11 is 0. The van der Waals surface area contributed by atoms with Gasteiger partial charge in [0.1, 0.15) is 11.0 Å². The highest BCUT2D eigenvalue weighted by Gasteiger charge is 2.34. The fraction of sp³-hybridized carbons (Fsp3) is 0.500. The lowest BCUT2D eigenvalue weighted by Crippen LogP contribution is -2.44. The minimum atomic E-state index is -3.58. The van der Waals surface area contributed by atoms with Crippen molar-refractivity contribution in [2.24, 2.45) is 0 Å². The first-order valence-corrected chi connectivity index (χ1v) is 8.87. The number of aryl methyl sites for hydroxylation is 2. The maximum absolute atomic E-state index is 12.9. The summed E-state index contributed by atoms with van der Waals surface area (Å²) in [4.78, 5) is 8.28. The number of ether oxygens (including phenoxy) is 1. The maximum atomic E-state index is 12.9. The second-order valence-corrected chi connectivity index (χ2v) is 7.43. The molecule has 0 aliphatic carbocycles. The number of hydrogen-bond acceptors (Lipinski definition) is 6. The first-order valence-electron chi connectivity index (χ1n) is 7.43. The van der Waals surface area contributed by atoms with Gasteiger partial charge in [-0.2, -0.15) is 9.40 Å². The predicted molar refractivity (Wildman–Crippen MR) is 82.5 cm³/mol. The van der Waals surface area contributed by atoms with E-state index in [1.807, 2.05) is 0 Å². The summed E-state index contributed by atoms with van der Waals surface area (Å²) in [6.45, 7) is 4.17. The lowest BCUT2D eigenvalue weighted by atomic mass is 10.1. The highest BCUT2D eigenvalue weighted by molar-refractivity contribution is 7.89. The summed E-state index contributed by atoms with van der Waals surface area (Å²) < 4.78 is 33.0. The third-order valence-electron chi connectivity index (χ3n) is 3.83.